The average molecular weight is 235 g/mol. The average Bonchev–Trinajstić information content (AvgIpc) is 2.28. The summed E-state index contributed by atoms with van der Waals surface area (Å²) in [5.74, 6) is 0.996. The van der Waals surface area contributed by atoms with Crippen molar-refractivity contribution in [2.75, 3.05) is 5.32 Å². The Kier molecular flexibility index (Phi) is 3.62. The normalized spacial score (nSPS) is 11.3. The van der Waals surface area contributed by atoms with Crippen LogP contribution in [0.5, 0.6) is 0 Å². The van der Waals surface area contributed by atoms with E-state index < -0.39 is 22.6 Å². The van der Waals surface area contributed by atoms with Crippen LogP contribution in [0.1, 0.15) is 17.3 Å². The molecule has 0 aliphatic heterocycles. The molecule has 0 aliphatic carbocycles. The highest BCUT2D eigenvalue weighted by molar-refractivity contribution is 5.88. The minimum absolute atomic E-state index is 0.0505. The Morgan fingerprint density at radius 2 is 2.41 bits per heavy atom. The van der Waals surface area contributed by atoms with Crippen LogP contribution in [0.15, 0.2) is 12.3 Å². The Bertz CT molecular complexity index is 507. The molecule has 0 spiro atoms. The number of pyridine rings is 1. The fraction of sp³-hybridized carbons (Fsp3) is 0.200. The molecule has 0 saturated heterocycles. The molecule has 1 unspecified atom stereocenters. The van der Waals surface area contributed by atoms with E-state index in [1.165, 1.54) is 0 Å². The molecule has 7 heteroatoms. The molecular weight excluding hydrogens is 226 g/mol. The van der Waals surface area contributed by atoms with Crippen molar-refractivity contribution >= 4 is 17.5 Å². The monoisotopic (exact) mass is 235 g/mol. The van der Waals surface area contributed by atoms with Crippen LogP contribution in [0.3, 0.4) is 0 Å². The van der Waals surface area contributed by atoms with E-state index in [2.05, 4.69) is 16.2 Å². The summed E-state index contributed by atoms with van der Waals surface area (Å²) < 4.78 is 0. The quantitative estimate of drug-likeness (QED) is 0.460. The van der Waals surface area contributed by atoms with Crippen LogP contribution in [-0.2, 0) is 0 Å². The highest BCUT2D eigenvalue weighted by atomic mass is 16.6. The zero-order valence-corrected chi connectivity index (χ0v) is 8.88. The van der Waals surface area contributed by atoms with Crippen molar-refractivity contribution in [3.63, 3.8) is 0 Å². The molecule has 1 aromatic heterocycles. The number of carboxylic acids is 1. The second-order valence-corrected chi connectivity index (χ2v) is 3.19. The van der Waals surface area contributed by atoms with Crippen molar-refractivity contribution in [1.29, 1.82) is 0 Å². The van der Waals surface area contributed by atoms with Crippen molar-refractivity contribution in [3.05, 3.63) is 27.9 Å². The molecule has 1 heterocycles. The van der Waals surface area contributed by atoms with Crippen LogP contribution in [0.2, 0.25) is 0 Å². The lowest BCUT2D eigenvalue weighted by Gasteiger charge is -2.08. The first-order valence-electron chi connectivity index (χ1n) is 4.56. The molecule has 0 saturated carbocycles. The Balaban J connectivity index is 3.18. The van der Waals surface area contributed by atoms with Gasteiger partial charge >= 0.3 is 11.7 Å². The van der Waals surface area contributed by atoms with Crippen LogP contribution in [0.25, 0.3) is 0 Å². The number of nitrogens with zero attached hydrogens (tertiary/aromatic N) is 2. The molecule has 0 fully saturated rings. The van der Waals surface area contributed by atoms with Gasteiger partial charge in [-0.15, -0.1) is 6.42 Å². The number of terminal acetylenes is 1. The van der Waals surface area contributed by atoms with Gasteiger partial charge in [-0.3, -0.25) is 10.1 Å². The lowest BCUT2D eigenvalue weighted by Crippen LogP contribution is -2.15. The molecule has 0 aliphatic rings. The van der Waals surface area contributed by atoms with Crippen LogP contribution in [-0.4, -0.2) is 27.0 Å². The van der Waals surface area contributed by atoms with Gasteiger partial charge in [-0.05, 0) is 6.92 Å². The molecule has 1 rings (SSSR count). The maximum absolute atomic E-state index is 10.7. The third-order valence-electron chi connectivity index (χ3n) is 1.91. The third kappa shape index (κ3) is 2.92. The molecule has 0 aromatic carbocycles. The van der Waals surface area contributed by atoms with Crippen molar-refractivity contribution in [2.24, 2.45) is 0 Å². The number of aromatic nitrogens is 1. The van der Waals surface area contributed by atoms with Crippen molar-refractivity contribution in [1.82, 2.24) is 4.98 Å². The van der Waals surface area contributed by atoms with E-state index in [0.717, 1.165) is 12.3 Å². The van der Waals surface area contributed by atoms with Crippen LogP contribution in [0, 0.1) is 22.5 Å². The van der Waals surface area contributed by atoms with Crippen LogP contribution < -0.4 is 5.32 Å². The standard InChI is InChI=1S/C10H9N3O4/c1-3-6(2)12-9-8(13(16)17)4-7(5-11-9)10(14)15/h1,4-6H,2H3,(H,11,12)(H,14,15). The Morgan fingerprint density at radius 1 is 1.76 bits per heavy atom. The van der Waals surface area contributed by atoms with Gasteiger partial charge in [0.15, 0.2) is 0 Å². The van der Waals surface area contributed by atoms with Gasteiger partial charge in [0, 0.05) is 12.3 Å². The zero-order chi connectivity index (χ0) is 13.0. The summed E-state index contributed by atoms with van der Waals surface area (Å²) in [6.45, 7) is 1.62. The predicted octanol–water partition coefficient (Wildman–Crippen LogP) is 1.12. The predicted molar refractivity (Wildman–Crippen MR) is 59.8 cm³/mol. The van der Waals surface area contributed by atoms with Gasteiger partial charge in [-0.2, -0.15) is 0 Å². The van der Waals surface area contributed by atoms with E-state index in [0.29, 0.717) is 0 Å². The molecule has 1 atom stereocenters. The van der Waals surface area contributed by atoms with Crippen molar-refractivity contribution in [2.45, 2.75) is 13.0 Å². The first-order valence-corrected chi connectivity index (χ1v) is 4.56. The number of carbonyl (C=O) groups is 1. The summed E-state index contributed by atoms with van der Waals surface area (Å²) in [4.78, 5) is 24.4. The summed E-state index contributed by atoms with van der Waals surface area (Å²) in [5, 5.41) is 22.1. The molecule has 0 radical (unpaired) electrons. The van der Waals surface area contributed by atoms with Gasteiger partial charge in [0.25, 0.3) is 0 Å². The lowest BCUT2D eigenvalue weighted by molar-refractivity contribution is -0.384. The molecule has 0 amide bonds. The number of carboxylic acid groups (broad SMARTS) is 1. The van der Waals surface area contributed by atoms with Gasteiger partial charge in [0.05, 0.1) is 16.5 Å². The van der Waals surface area contributed by atoms with Gasteiger partial charge in [0.1, 0.15) is 0 Å². The summed E-state index contributed by atoms with van der Waals surface area (Å²) >= 11 is 0. The molecular formula is C10H9N3O4. The lowest BCUT2D eigenvalue weighted by atomic mass is 10.2. The van der Waals surface area contributed by atoms with Gasteiger partial charge in [-0.1, -0.05) is 5.92 Å². The smallest absolute Gasteiger partial charge is 0.337 e. The molecule has 0 bridgehead atoms. The van der Waals surface area contributed by atoms with Gasteiger partial charge in [-0.25, -0.2) is 9.78 Å². The highest BCUT2D eigenvalue weighted by Gasteiger charge is 2.19. The van der Waals surface area contributed by atoms with E-state index in [4.69, 9.17) is 11.5 Å². The topological polar surface area (TPSA) is 105 Å². The molecule has 7 nitrogen and oxygen atoms in total. The largest absolute Gasteiger partial charge is 0.478 e. The maximum atomic E-state index is 10.7. The summed E-state index contributed by atoms with van der Waals surface area (Å²) in [5.41, 5.74) is -0.678. The molecule has 17 heavy (non-hydrogen) atoms. The Hall–Kier alpha value is -2.62. The summed E-state index contributed by atoms with van der Waals surface area (Å²) in [6, 6.07) is 0.484. The van der Waals surface area contributed by atoms with E-state index >= 15 is 0 Å². The highest BCUT2D eigenvalue weighted by Crippen LogP contribution is 2.23. The summed E-state index contributed by atoms with van der Waals surface area (Å²) in [7, 11) is 0. The van der Waals surface area contributed by atoms with E-state index in [1.54, 1.807) is 6.92 Å². The fourth-order valence-corrected chi connectivity index (χ4v) is 1.07. The van der Waals surface area contributed by atoms with Crippen LogP contribution >= 0.6 is 0 Å². The third-order valence-corrected chi connectivity index (χ3v) is 1.91. The van der Waals surface area contributed by atoms with E-state index in [9.17, 15) is 14.9 Å². The van der Waals surface area contributed by atoms with E-state index in [-0.39, 0.29) is 11.4 Å². The second-order valence-electron chi connectivity index (χ2n) is 3.19. The number of nitro groups is 1. The number of hydrogen-bond donors (Lipinski definition) is 2. The molecule has 88 valence electrons. The fourth-order valence-electron chi connectivity index (χ4n) is 1.07. The van der Waals surface area contributed by atoms with Gasteiger partial charge in [0.2, 0.25) is 5.82 Å². The Morgan fingerprint density at radius 3 is 2.88 bits per heavy atom. The SMILES string of the molecule is C#CC(C)Nc1ncc(C(=O)O)cc1[N+](=O)[O-]. The number of anilines is 1. The number of hydrogen-bond acceptors (Lipinski definition) is 5. The Labute approximate surface area is 96.6 Å². The molecule has 1 aromatic rings. The molecule has 2 N–H and O–H groups in total. The number of nitrogens with one attached hydrogen (secondary N) is 1. The van der Waals surface area contributed by atoms with Gasteiger partial charge < -0.3 is 10.4 Å². The first-order chi connectivity index (χ1) is 7.95. The minimum Gasteiger partial charge on any atom is -0.478 e. The number of rotatable bonds is 4. The van der Waals surface area contributed by atoms with E-state index in [1.807, 2.05) is 0 Å². The van der Waals surface area contributed by atoms with Crippen molar-refractivity contribution in [3.8, 4) is 12.3 Å². The van der Waals surface area contributed by atoms with Crippen LogP contribution in [0.4, 0.5) is 11.5 Å². The minimum atomic E-state index is -1.28. The first kappa shape index (κ1) is 12.4. The zero-order valence-electron chi connectivity index (χ0n) is 8.88. The number of aromatic carboxylic acids is 1. The maximum Gasteiger partial charge on any atom is 0.337 e. The van der Waals surface area contributed by atoms with Crippen molar-refractivity contribution < 1.29 is 14.8 Å². The summed E-state index contributed by atoms with van der Waals surface area (Å²) in [6.07, 6.45) is 6.15. The second kappa shape index (κ2) is 4.94.